The van der Waals surface area contributed by atoms with Gasteiger partial charge in [0.15, 0.2) is 11.6 Å². The van der Waals surface area contributed by atoms with E-state index in [0.29, 0.717) is 135 Å². The smallest absolute Gasteiger partial charge is 0.250 e. The molecule has 5 atom stereocenters. The number of ether oxygens (including phenoxy) is 6. The van der Waals surface area contributed by atoms with Gasteiger partial charge in [0.25, 0.3) is 0 Å². The molecule has 430 valence electrons. The van der Waals surface area contributed by atoms with E-state index in [2.05, 4.69) is 44.4 Å². The standard InChI is InChI=1S/C30H34Cl2N4O4.C29H30Cl2F2N4O4/c1-4-20(37)9-19-15-40-16-23(19)35-26-11-21-18(14-33-26)10-22(36-30(21)34-13-17-7-5-6-8-17)27-28(31)24(38-2)12-25(39-3)29(27)32;1-4-18(38)7-16-13-41-14-21(16)36-24-9-19-15(12-34-24)8-20(37-28(19)35-17-5-6-29(32,33)11-17)25-26(30)22(39-2)10-23(40-3)27(25)31/h4,10-12,14,17,19,23H,1,5-9,13,15-16H2,2-3H3,(H,33,35)(H,34,36);4,8-10,12,16-17,21H,1,5-7,11,13-14H2,2-3H3,(H,34,36)(H,35,37)/t19-,23+;16-,17?,21+/m00/s1. The highest BCUT2D eigenvalue weighted by atomic mass is 35.5. The Morgan fingerprint density at radius 3 is 1.51 bits per heavy atom. The number of nitrogens with zero attached hydrogens (tertiary/aromatic N) is 4. The van der Waals surface area contributed by atoms with E-state index < -0.39 is 12.0 Å². The molecule has 6 heterocycles. The zero-order valence-electron chi connectivity index (χ0n) is 45.4. The zero-order valence-corrected chi connectivity index (χ0v) is 48.4. The fourth-order valence-electron chi connectivity index (χ4n) is 10.9. The van der Waals surface area contributed by atoms with Crippen molar-refractivity contribution in [2.24, 2.45) is 17.8 Å². The van der Waals surface area contributed by atoms with Crippen molar-refractivity contribution < 1.29 is 46.8 Å². The van der Waals surface area contributed by atoms with Gasteiger partial charge in [-0.05, 0) is 61.6 Å². The van der Waals surface area contributed by atoms with Crippen molar-refractivity contribution in [1.82, 2.24) is 19.9 Å². The Kier molecular flexibility index (Phi) is 19.3. The molecule has 0 amide bonds. The maximum absolute atomic E-state index is 14.1. The molecule has 10 rings (SSSR count). The lowest BCUT2D eigenvalue weighted by Gasteiger charge is -2.21. The fourth-order valence-corrected chi connectivity index (χ4v) is 12.3. The number of allylic oxidation sites excluding steroid dienone is 2. The third-order valence-electron chi connectivity index (χ3n) is 15.3. The number of aromatic nitrogens is 4. The molecule has 0 radical (unpaired) electrons. The maximum Gasteiger partial charge on any atom is 0.250 e. The molecular weight excluding hydrogens is 1130 g/mol. The zero-order chi connectivity index (χ0) is 57.5. The highest BCUT2D eigenvalue weighted by Crippen LogP contribution is 2.49. The van der Waals surface area contributed by atoms with E-state index in [0.717, 1.165) is 23.1 Å². The number of anilines is 4. The first-order valence-corrected chi connectivity index (χ1v) is 28.2. The molecule has 4 aromatic heterocycles. The molecule has 1 unspecified atom stereocenters. The molecular formula is C59H64Cl4F2N8O8. The van der Waals surface area contributed by atoms with Crippen molar-refractivity contribution >= 4 is 103 Å². The number of alkyl halides is 2. The van der Waals surface area contributed by atoms with Crippen molar-refractivity contribution in [3.05, 3.63) is 94.2 Å². The fraction of sp³-hybridized carbons (Fsp3) is 0.424. The molecule has 2 aliphatic heterocycles. The van der Waals surface area contributed by atoms with Gasteiger partial charge in [0.1, 0.15) is 46.3 Å². The van der Waals surface area contributed by atoms with Crippen LogP contribution >= 0.6 is 46.4 Å². The number of benzene rings is 2. The van der Waals surface area contributed by atoms with Crippen LogP contribution in [0.4, 0.5) is 32.1 Å². The topological polar surface area (TPSA) is 189 Å². The van der Waals surface area contributed by atoms with Crippen molar-refractivity contribution in [2.75, 3.05) is 82.7 Å². The summed E-state index contributed by atoms with van der Waals surface area (Å²) < 4.78 is 61.3. The SMILES string of the molecule is C=CC(=O)C[C@H]1COC[C@H]1Nc1cc2c(NC3CCC(F)(F)C3)nc(-c3c(Cl)c(OC)cc(OC)c3Cl)cc2cn1.C=CC(=O)C[C@H]1COC[C@H]1Nc1cc2c(NCC3CCCC3)nc(-c3c(Cl)c(OC)cc(OC)c3Cl)cc2cn1. The molecule has 4 N–H and O–H groups in total. The minimum atomic E-state index is -2.74. The van der Waals surface area contributed by atoms with Crippen LogP contribution in [0.5, 0.6) is 23.0 Å². The number of carbonyl (C=O) groups excluding carboxylic acids is 2. The van der Waals surface area contributed by atoms with Crippen molar-refractivity contribution in [3.63, 3.8) is 0 Å². The molecule has 6 aromatic rings. The summed E-state index contributed by atoms with van der Waals surface area (Å²) in [4.78, 5) is 43.0. The molecule has 0 bridgehead atoms. The van der Waals surface area contributed by atoms with E-state index in [1.807, 2.05) is 24.4 Å². The summed E-state index contributed by atoms with van der Waals surface area (Å²) in [5, 5.41) is 18.0. The van der Waals surface area contributed by atoms with Gasteiger partial charge in [0.2, 0.25) is 5.92 Å². The maximum atomic E-state index is 14.1. The van der Waals surface area contributed by atoms with Crippen molar-refractivity contribution in [2.45, 2.75) is 81.8 Å². The molecule has 2 saturated carbocycles. The van der Waals surface area contributed by atoms with E-state index in [4.69, 9.17) is 84.8 Å². The number of rotatable bonds is 21. The number of pyridine rings is 4. The summed E-state index contributed by atoms with van der Waals surface area (Å²) in [6, 6.07) is 10.1. The van der Waals surface area contributed by atoms with E-state index in [9.17, 15) is 18.4 Å². The summed E-state index contributed by atoms with van der Waals surface area (Å²) >= 11 is 26.9. The Balaban J connectivity index is 0.000000196. The number of fused-ring (bicyclic) bond motifs is 2. The predicted molar refractivity (Wildman–Crippen MR) is 316 cm³/mol. The molecule has 0 spiro atoms. The summed E-state index contributed by atoms with van der Waals surface area (Å²) in [5.74, 6) is 1.75. The Bertz CT molecular complexity index is 3280. The van der Waals surface area contributed by atoms with Crippen LogP contribution < -0.4 is 40.2 Å². The molecule has 16 nitrogen and oxygen atoms in total. The summed E-state index contributed by atoms with van der Waals surface area (Å²) in [6.07, 6.45) is 11.6. The Hall–Kier alpha value is -6.28. The van der Waals surface area contributed by atoms with E-state index >= 15 is 0 Å². The summed E-state index contributed by atoms with van der Waals surface area (Å²) in [6.45, 7) is 9.86. The van der Waals surface area contributed by atoms with E-state index in [1.54, 1.807) is 38.6 Å². The van der Waals surface area contributed by atoms with E-state index in [-0.39, 0.29) is 58.4 Å². The number of hydrogen-bond acceptors (Lipinski definition) is 16. The van der Waals surface area contributed by atoms with Crippen LogP contribution in [-0.2, 0) is 19.1 Å². The number of ketones is 2. The lowest BCUT2D eigenvalue weighted by atomic mass is 9.97. The normalized spacial score (nSPS) is 20.3. The largest absolute Gasteiger partial charge is 0.495 e. The molecule has 4 fully saturated rings. The number of hydrogen-bond donors (Lipinski definition) is 4. The van der Waals surface area contributed by atoms with Crippen LogP contribution in [0.15, 0.2) is 74.1 Å². The van der Waals surface area contributed by atoms with Gasteiger partial charge in [-0.15, -0.1) is 0 Å². The third kappa shape index (κ3) is 13.6. The molecule has 2 aromatic carbocycles. The first-order valence-electron chi connectivity index (χ1n) is 26.7. The minimum Gasteiger partial charge on any atom is -0.495 e. The van der Waals surface area contributed by atoms with Gasteiger partial charge in [0, 0.05) is 107 Å². The number of carbonyl (C=O) groups is 2. The molecule has 81 heavy (non-hydrogen) atoms. The third-order valence-corrected chi connectivity index (χ3v) is 16.8. The minimum absolute atomic E-state index is 0.00962. The van der Waals surface area contributed by atoms with Gasteiger partial charge in [-0.3, -0.25) is 9.59 Å². The molecule has 4 aliphatic rings. The van der Waals surface area contributed by atoms with Crippen LogP contribution in [0.1, 0.15) is 57.8 Å². The van der Waals surface area contributed by atoms with Gasteiger partial charge in [-0.1, -0.05) is 72.4 Å². The first kappa shape index (κ1) is 59.3. The number of methoxy groups -OCH3 is 4. The average molecular weight is 1190 g/mol. The lowest BCUT2D eigenvalue weighted by molar-refractivity contribution is -0.116. The second-order valence-corrected chi connectivity index (χ2v) is 22.2. The van der Waals surface area contributed by atoms with Crippen LogP contribution in [0.25, 0.3) is 44.1 Å². The van der Waals surface area contributed by atoms with Crippen LogP contribution in [0.3, 0.4) is 0 Å². The highest BCUT2D eigenvalue weighted by Gasteiger charge is 2.40. The average Bonchev–Trinajstić information content (AvgIpc) is 4.34. The molecule has 22 heteroatoms. The Morgan fingerprint density at radius 2 is 1.09 bits per heavy atom. The van der Waals surface area contributed by atoms with E-state index in [1.165, 1.54) is 52.1 Å². The Morgan fingerprint density at radius 1 is 0.642 bits per heavy atom. The predicted octanol–water partition coefficient (Wildman–Crippen LogP) is 13.6. The molecule has 2 aliphatic carbocycles. The van der Waals surface area contributed by atoms with Gasteiger partial charge < -0.3 is 49.7 Å². The Labute approximate surface area is 489 Å². The second kappa shape index (κ2) is 26.3. The number of halogens is 6. The van der Waals surface area contributed by atoms with Crippen LogP contribution in [-0.4, -0.2) is 117 Å². The monoisotopic (exact) mass is 1190 g/mol. The van der Waals surface area contributed by atoms with Crippen LogP contribution in [0.2, 0.25) is 20.1 Å². The van der Waals surface area contributed by atoms with Crippen molar-refractivity contribution in [1.29, 1.82) is 0 Å². The van der Waals surface area contributed by atoms with Crippen molar-refractivity contribution in [3.8, 4) is 45.5 Å². The second-order valence-electron chi connectivity index (χ2n) is 20.7. The first-order chi connectivity index (χ1) is 39.0. The lowest BCUT2D eigenvalue weighted by Crippen LogP contribution is -2.29. The van der Waals surface area contributed by atoms with Gasteiger partial charge in [-0.2, -0.15) is 0 Å². The highest BCUT2D eigenvalue weighted by molar-refractivity contribution is 6.42. The van der Waals surface area contributed by atoms with Gasteiger partial charge >= 0.3 is 0 Å². The van der Waals surface area contributed by atoms with Gasteiger partial charge in [-0.25, -0.2) is 28.7 Å². The quantitative estimate of drug-likeness (QED) is 0.0498. The van der Waals surface area contributed by atoms with Crippen LogP contribution in [0, 0.1) is 17.8 Å². The number of nitrogens with one attached hydrogen (secondary N) is 4. The summed E-state index contributed by atoms with van der Waals surface area (Å²) in [7, 11) is 6.05. The molecule has 2 saturated heterocycles. The summed E-state index contributed by atoms with van der Waals surface area (Å²) in [5.41, 5.74) is 1.90. The van der Waals surface area contributed by atoms with Gasteiger partial charge in [0.05, 0.1) is 98.4 Å².